The van der Waals surface area contributed by atoms with Crippen molar-refractivity contribution in [1.29, 1.82) is 0 Å². The highest BCUT2D eigenvalue weighted by molar-refractivity contribution is 5.79. The number of methoxy groups -OCH3 is 2. The first kappa shape index (κ1) is 17.2. The second-order valence-electron chi connectivity index (χ2n) is 4.54. The molecular weight excluding hydrogens is 277 g/mol. The highest BCUT2D eigenvalue weighted by Gasteiger charge is 2.13. The van der Waals surface area contributed by atoms with Crippen LogP contribution in [0.3, 0.4) is 0 Å². The van der Waals surface area contributed by atoms with E-state index in [1.165, 1.54) is 7.11 Å². The van der Waals surface area contributed by atoms with Crippen LogP contribution in [0.25, 0.3) is 0 Å². The molecule has 1 aromatic rings. The van der Waals surface area contributed by atoms with Gasteiger partial charge in [0, 0.05) is 38.7 Å². The lowest BCUT2D eigenvalue weighted by Gasteiger charge is -2.22. The molecule has 0 bridgehead atoms. The molecule has 1 aromatic carbocycles. The van der Waals surface area contributed by atoms with Crippen molar-refractivity contribution in [3.63, 3.8) is 0 Å². The fourth-order valence-corrected chi connectivity index (χ4v) is 1.89. The summed E-state index contributed by atoms with van der Waals surface area (Å²) in [5, 5.41) is 11.5. The highest BCUT2D eigenvalue weighted by atomic mass is 19.1. The van der Waals surface area contributed by atoms with Gasteiger partial charge in [0.2, 0.25) is 0 Å². The van der Waals surface area contributed by atoms with Crippen molar-refractivity contribution in [3.05, 3.63) is 29.6 Å². The van der Waals surface area contributed by atoms with E-state index in [4.69, 9.17) is 20.4 Å². The molecule has 0 atom stereocenters. The summed E-state index contributed by atoms with van der Waals surface area (Å²) in [6, 6.07) is 5.03. The van der Waals surface area contributed by atoms with Crippen LogP contribution in [-0.2, 0) is 11.3 Å². The summed E-state index contributed by atoms with van der Waals surface area (Å²) in [4.78, 5) is 1.97. The second kappa shape index (κ2) is 9.15. The maximum Gasteiger partial charge on any atom is 0.169 e. The number of hydrogen-bond acceptors (Lipinski definition) is 5. The number of ether oxygens (including phenoxy) is 2. The van der Waals surface area contributed by atoms with E-state index >= 15 is 0 Å². The molecule has 0 aromatic heterocycles. The molecule has 0 heterocycles. The highest BCUT2D eigenvalue weighted by Crippen LogP contribution is 2.21. The van der Waals surface area contributed by atoms with Gasteiger partial charge in [-0.1, -0.05) is 17.3 Å². The van der Waals surface area contributed by atoms with Crippen LogP contribution < -0.4 is 10.5 Å². The topological polar surface area (TPSA) is 80.3 Å². The Bertz CT molecular complexity index is 469. The van der Waals surface area contributed by atoms with Crippen molar-refractivity contribution < 1.29 is 19.1 Å². The first-order valence-corrected chi connectivity index (χ1v) is 6.61. The molecule has 0 fully saturated rings. The molecule has 6 nitrogen and oxygen atoms in total. The van der Waals surface area contributed by atoms with Crippen molar-refractivity contribution in [2.45, 2.75) is 13.0 Å². The van der Waals surface area contributed by atoms with E-state index in [0.717, 1.165) is 0 Å². The minimum atomic E-state index is -0.369. The third-order valence-electron chi connectivity index (χ3n) is 3.08. The van der Waals surface area contributed by atoms with Crippen LogP contribution in [0, 0.1) is 5.82 Å². The zero-order valence-electron chi connectivity index (χ0n) is 12.4. The molecule has 1 rings (SSSR count). The molecule has 118 valence electrons. The standard InChI is InChI=1S/C14H22FN3O3/c1-20-9-8-18(7-6-13(16)17-19)10-11-4-3-5-12(21-2)14(11)15/h3-5,19H,6-10H2,1-2H3,(H2,16,17). The van der Waals surface area contributed by atoms with Crippen LogP contribution in [0.2, 0.25) is 0 Å². The Balaban J connectivity index is 2.75. The van der Waals surface area contributed by atoms with E-state index in [2.05, 4.69) is 5.16 Å². The largest absolute Gasteiger partial charge is 0.494 e. The van der Waals surface area contributed by atoms with Gasteiger partial charge >= 0.3 is 0 Å². The van der Waals surface area contributed by atoms with Crippen molar-refractivity contribution in [1.82, 2.24) is 4.90 Å². The molecule has 0 amide bonds. The molecule has 0 radical (unpaired) electrons. The maximum atomic E-state index is 14.1. The molecule has 0 saturated carbocycles. The number of benzene rings is 1. The molecule has 0 aliphatic heterocycles. The summed E-state index contributed by atoms with van der Waals surface area (Å²) >= 11 is 0. The maximum absolute atomic E-state index is 14.1. The number of nitrogens with two attached hydrogens (primary N) is 1. The molecule has 0 aliphatic carbocycles. The van der Waals surface area contributed by atoms with E-state index in [0.29, 0.717) is 38.2 Å². The van der Waals surface area contributed by atoms with E-state index in [1.54, 1.807) is 25.3 Å². The summed E-state index contributed by atoms with van der Waals surface area (Å²) in [7, 11) is 3.04. The molecule has 0 saturated heterocycles. The van der Waals surface area contributed by atoms with Gasteiger partial charge in [-0.15, -0.1) is 0 Å². The molecule has 7 heteroatoms. The number of amidine groups is 1. The fraction of sp³-hybridized carbons (Fsp3) is 0.500. The molecule has 0 spiro atoms. The summed E-state index contributed by atoms with van der Waals surface area (Å²) in [6.45, 7) is 2.06. The number of halogens is 1. The first-order chi connectivity index (χ1) is 10.1. The predicted octanol–water partition coefficient (Wildman–Crippen LogP) is 1.42. The first-order valence-electron chi connectivity index (χ1n) is 6.61. The Morgan fingerprint density at radius 2 is 2.14 bits per heavy atom. The monoisotopic (exact) mass is 299 g/mol. The van der Waals surface area contributed by atoms with Gasteiger partial charge in [-0.25, -0.2) is 4.39 Å². The van der Waals surface area contributed by atoms with Gasteiger partial charge < -0.3 is 20.4 Å². The normalized spacial score (nSPS) is 11.9. The summed E-state index contributed by atoms with van der Waals surface area (Å²) < 4.78 is 24.2. The Labute approximate surface area is 123 Å². The van der Waals surface area contributed by atoms with Crippen molar-refractivity contribution in [2.24, 2.45) is 10.9 Å². The number of hydrogen-bond donors (Lipinski definition) is 2. The van der Waals surface area contributed by atoms with Crippen molar-refractivity contribution >= 4 is 5.84 Å². The predicted molar refractivity (Wildman–Crippen MR) is 78.1 cm³/mol. The number of rotatable bonds is 9. The minimum absolute atomic E-state index is 0.142. The average molecular weight is 299 g/mol. The zero-order valence-corrected chi connectivity index (χ0v) is 12.4. The van der Waals surface area contributed by atoms with E-state index in [9.17, 15) is 4.39 Å². The smallest absolute Gasteiger partial charge is 0.169 e. The molecule has 3 N–H and O–H groups in total. The van der Waals surface area contributed by atoms with Crippen LogP contribution in [0.1, 0.15) is 12.0 Å². The van der Waals surface area contributed by atoms with Crippen molar-refractivity contribution in [2.75, 3.05) is 33.9 Å². The summed E-state index contributed by atoms with van der Waals surface area (Å²) in [5.41, 5.74) is 6.00. The van der Waals surface area contributed by atoms with Crippen LogP contribution in [0.4, 0.5) is 4.39 Å². The third-order valence-corrected chi connectivity index (χ3v) is 3.08. The molecule has 0 unspecified atom stereocenters. The van der Waals surface area contributed by atoms with Gasteiger partial charge in [0.15, 0.2) is 11.6 Å². The van der Waals surface area contributed by atoms with Crippen molar-refractivity contribution in [3.8, 4) is 5.75 Å². The van der Waals surface area contributed by atoms with Gasteiger partial charge in [0.05, 0.1) is 13.7 Å². The lowest BCUT2D eigenvalue weighted by Crippen LogP contribution is -2.31. The van der Waals surface area contributed by atoms with Gasteiger partial charge in [0.25, 0.3) is 0 Å². The van der Waals surface area contributed by atoms with Gasteiger partial charge in [-0.05, 0) is 6.07 Å². The lowest BCUT2D eigenvalue weighted by molar-refractivity contribution is 0.144. The Morgan fingerprint density at radius 1 is 1.38 bits per heavy atom. The summed E-state index contributed by atoms with van der Waals surface area (Å²) in [6.07, 6.45) is 0.395. The van der Waals surface area contributed by atoms with Crippen LogP contribution in [-0.4, -0.2) is 49.9 Å². The SMILES string of the molecule is COCCN(CC/C(N)=N/O)Cc1cccc(OC)c1F. The average Bonchev–Trinajstić information content (AvgIpc) is 2.51. The Morgan fingerprint density at radius 3 is 2.76 bits per heavy atom. The molecular formula is C14H22FN3O3. The van der Waals surface area contributed by atoms with E-state index in [1.807, 2.05) is 4.90 Å². The number of nitrogens with zero attached hydrogens (tertiary/aromatic N) is 2. The van der Waals surface area contributed by atoms with Gasteiger partial charge in [-0.2, -0.15) is 0 Å². The van der Waals surface area contributed by atoms with E-state index < -0.39 is 0 Å². The fourth-order valence-electron chi connectivity index (χ4n) is 1.89. The molecule has 21 heavy (non-hydrogen) atoms. The quantitative estimate of drug-likeness (QED) is 0.312. The zero-order chi connectivity index (χ0) is 15.7. The molecule has 0 aliphatic rings. The Hall–Kier alpha value is -1.86. The van der Waals surface area contributed by atoms with Gasteiger partial charge in [-0.3, -0.25) is 4.90 Å². The minimum Gasteiger partial charge on any atom is -0.494 e. The van der Waals surface area contributed by atoms with Crippen LogP contribution >= 0.6 is 0 Å². The Kier molecular flexibility index (Phi) is 7.49. The summed E-state index contributed by atoms with van der Waals surface area (Å²) in [5.74, 6) is -0.00892. The van der Waals surface area contributed by atoms with E-state index in [-0.39, 0.29) is 17.4 Å². The second-order valence-corrected chi connectivity index (χ2v) is 4.54. The lowest BCUT2D eigenvalue weighted by atomic mass is 10.1. The van der Waals surface area contributed by atoms with Crippen LogP contribution in [0.5, 0.6) is 5.75 Å². The van der Waals surface area contributed by atoms with Crippen LogP contribution in [0.15, 0.2) is 23.4 Å². The number of oxime groups is 1. The van der Waals surface area contributed by atoms with Gasteiger partial charge in [0.1, 0.15) is 5.84 Å². The third kappa shape index (κ3) is 5.57.